The molecule has 0 saturated heterocycles. The van der Waals surface area contributed by atoms with Gasteiger partial charge in [-0.1, -0.05) is 12.1 Å². The molecule has 0 aliphatic carbocycles. The quantitative estimate of drug-likeness (QED) is 0.899. The summed E-state index contributed by atoms with van der Waals surface area (Å²) in [5.41, 5.74) is 1.85. The summed E-state index contributed by atoms with van der Waals surface area (Å²) in [5.74, 6) is -0.206. The first-order valence-corrected chi connectivity index (χ1v) is 5.97. The third-order valence-electron chi connectivity index (χ3n) is 3.22. The van der Waals surface area contributed by atoms with E-state index >= 15 is 0 Å². The Morgan fingerprint density at radius 1 is 1.39 bits per heavy atom. The molecule has 0 aliphatic heterocycles. The summed E-state index contributed by atoms with van der Waals surface area (Å²) in [6.07, 6.45) is 3.62. The zero-order valence-electron chi connectivity index (χ0n) is 10.9. The van der Waals surface area contributed by atoms with E-state index in [0.717, 1.165) is 11.3 Å². The number of aromatic nitrogens is 2. The second-order valence-electron chi connectivity index (χ2n) is 4.91. The Morgan fingerprint density at radius 3 is 2.83 bits per heavy atom. The van der Waals surface area contributed by atoms with Crippen LogP contribution in [0.25, 0.3) is 0 Å². The van der Waals surface area contributed by atoms with Crippen LogP contribution in [0.15, 0.2) is 36.8 Å². The first-order valence-electron chi connectivity index (χ1n) is 5.97. The summed E-state index contributed by atoms with van der Waals surface area (Å²) in [6, 6.07) is 6.65. The molecule has 0 fully saturated rings. The molecule has 4 heteroatoms. The number of hydrogen-bond acceptors (Lipinski definition) is 2. The fraction of sp³-hybridized carbons (Fsp3) is 0.357. The van der Waals surface area contributed by atoms with E-state index in [1.807, 2.05) is 23.9 Å². The van der Waals surface area contributed by atoms with Crippen molar-refractivity contribution in [1.29, 1.82) is 0 Å². The Kier molecular flexibility index (Phi) is 3.48. The van der Waals surface area contributed by atoms with E-state index in [0.29, 0.717) is 6.54 Å². The average molecular weight is 247 g/mol. The molecule has 96 valence electrons. The molecule has 2 aromatic rings. The normalized spacial score (nSPS) is 11.8. The van der Waals surface area contributed by atoms with E-state index in [4.69, 9.17) is 0 Å². The smallest absolute Gasteiger partial charge is 0.123 e. The number of imidazole rings is 1. The molecule has 0 saturated carbocycles. The zero-order chi connectivity index (χ0) is 13.2. The van der Waals surface area contributed by atoms with Crippen molar-refractivity contribution >= 4 is 0 Å². The molecule has 1 aromatic carbocycles. The van der Waals surface area contributed by atoms with Crippen LogP contribution in [0.2, 0.25) is 0 Å². The zero-order valence-corrected chi connectivity index (χ0v) is 10.9. The molecular formula is C14H18FN3. The molecule has 0 spiro atoms. The topological polar surface area (TPSA) is 29.9 Å². The van der Waals surface area contributed by atoms with Crippen LogP contribution in [0.3, 0.4) is 0 Å². The maximum atomic E-state index is 13.2. The second kappa shape index (κ2) is 4.90. The minimum absolute atomic E-state index is 0.163. The van der Waals surface area contributed by atoms with E-state index in [9.17, 15) is 4.39 Å². The van der Waals surface area contributed by atoms with Crippen molar-refractivity contribution in [2.75, 3.05) is 7.05 Å². The van der Waals surface area contributed by atoms with E-state index in [2.05, 4.69) is 24.1 Å². The summed E-state index contributed by atoms with van der Waals surface area (Å²) in [4.78, 5) is 4.18. The molecule has 0 amide bonds. The lowest BCUT2D eigenvalue weighted by Crippen LogP contribution is -2.35. The van der Waals surface area contributed by atoms with Gasteiger partial charge < -0.3 is 9.88 Å². The number of nitrogens with zero attached hydrogens (tertiary/aromatic N) is 2. The van der Waals surface area contributed by atoms with Crippen molar-refractivity contribution in [3.63, 3.8) is 0 Å². The van der Waals surface area contributed by atoms with Crippen LogP contribution in [0, 0.1) is 5.82 Å². The molecule has 0 atom stereocenters. The van der Waals surface area contributed by atoms with Gasteiger partial charge in [0.25, 0.3) is 0 Å². The third-order valence-corrected chi connectivity index (χ3v) is 3.22. The van der Waals surface area contributed by atoms with Gasteiger partial charge in [0, 0.05) is 6.54 Å². The Hall–Kier alpha value is -1.68. The van der Waals surface area contributed by atoms with Gasteiger partial charge in [0.2, 0.25) is 0 Å². The Balaban J connectivity index is 2.28. The van der Waals surface area contributed by atoms with Gasteiger partial charge in [-0.05, 0) is 38.6 Å². The molecular weight excluding hydrogens is 229 g/mol. The van der Waals surface area contributed by atoms with Gasteiger partial charge in [0.05, 0.1) is 23.8 Å². The fourth-order valence-corrected chi connectivity index (χ4v) is 1.93. The Bertz CT molecular complexity index is 531. The monoisotopic (exact) mass is 247 g/mol. The van der Waals surface area contributed by atoms with Crippen molar-refractivity contribution in [3.8, 4) is 0 Å². The van der Waals surface area contributed by atoms with Crippen molar-refractivity contribution in [1.82, 2.24) is 14.9 Å². The van der Waals surface area contributed by atoms with Gasteiger partial charge in [-0.3, -0.25) is 0 Å². The summed E-state index contributed by atoms with van der Waals surface area (Å²) in [5, 5.41) is 3.25. The van der Waals surface area contributed by atoms with Crippen LogP contribution < -0.4 is 5.32 Å². The molecule has 0 bridgehead atoms. The number of hydrogen-bond donors (Lipinski definition) is 1. The van der Waals surface area contributed by atoms with Gasteiger partial charge in [-0.2, -0.15) is 0 Å². The number of rotatable bonds is 4. The first-order chi connectivity index (χ1) is 8.53. The van der Waals surface area contributed by atoms with E-state index in [-0.39, 0.29) is 11.4 Å². The van der Waals surface area contributed by atoms with Gasteiger partial charge in [-0.15, -0.1) is 0 Å². The molecule has 2 rings (SSSR count). The molecule has 1 heterocycles. The van der Waals surface area contributed by atoms with Gasteiger partial charge in [-0.25, -0.2) is 9.37 Å². The molecule has 0 aliphatic rings. The highest BCUT2D eigenvalue weighted by Gasteiger charge is 2.22. The van der Waals surface area contributed by atoms with Crippen LogP contribution in [-0.2, 0) is 12.1 Å². The minimum atomic E-state index is -0.206. The lowest BCUT2D eigenvalue weighted by Gasteiger charge is -2.25. The van der Waals surface area contributed by atoms with Crippen LogP contribution in [0.4, 0.5) is 4.39 Å². The predicted octanol–water partition coefficient (Wildman–Crippen LogP) is 2.53. The molecule has 0 unspecified atom stereocenters. The Labute approximate surface area is 107 Å². The van der Waals surface area contributed by atoms with Crippen LogP contribution >= 0.6 is 0 Å². The molecule has 0 radical (unpaired) electrons. The maximum absolute atomic E-state index is 13.2. The summed E-state index contributed by atoms with van der Waals surface area (Å²) >= 11 is 0. The fourth-order valence-electron chi connectivity index (χ4n) is 1.93. The van der Waals surface area contributed by atoms with Crippen LogP contribution in [0.5, 0.6) is 0 Å². The van der Waals surface area contributed by atoms with Gasteiger partial charge >= 0.3 is 0 Å². The lowest BCUT2D eigenvalue weighted by atomic mass is 10.0. The summed E-state index contributed by atoms with van der Waals surface area (Å²) in [7, 11) is 1.92. The highest BCUT2D eigenvalue weighted by atomic mass is 19.1. The van der Waals surface area contributed by atoms with Gasteiger partial charge in [0.1, 0.15) is 5.82 Å². The standard InChI is InChI=1S/C14H18FN3/c1-14(2,16-3)13-8-17-10-18(13)9-11-5-4-6-12(15)7-11/h4-8,10,16H,9H2,1-3H3. The number of nitrogens with one attached hydrogen (secondary N) is 1. The molecule has 1 aromatic heterocycles. The van der Waals surface area contributed by atoms with E-state index in [1.54, 1.807) is 18.5 Å². The molecule has 1 N–H and O–H groups in total. The average Bonchev–Trinajstić information content (AvgIpc) is 2.78. The molecule has 18 heavy (non-hydrogen) atoms. The summed E-state index contributed by atoms with van der Waals surface area (Å²) in [6.45, 7) is 4.80. The van der Waals surface area contributed by atoms with Crippen LogP contribution in [-0.4, -0.2) is 16.6 Å². The Morgan fingerprint density at radius 2 is 2.17 bits per heavy atom. The number of benzene rings is 1. The minimum Gasteiger partial charge on any atom is -0.328 e. The molecule has 3 nitrogen and oxygen atoms in total. The SMILES string of the molecule is CNC(C)(C)c1cncn1Cc1cccc(F)c1. The highest BCUT2D eigenvalue weighted by molar-refractivity contribution is 5.19. The van der Waals surface area contributed by atoms with E-state index < -0.39 is 0 Å². The van der Waals surface area contributed by atoms with Crippen LogP contribution in [0.1, 0.15) is 25.1 Å². The second-order valence-corrected chi connectivity index (χ2v) is 4.91. The van der Waals surface area contributed by atoms with Crippen molar-refractivity contribution in [2.45, 2.75) is 25.9 Å². The first kappa shape index (κ1) is 12.8. The highest BCUT2D eigenvalue weighted by Crippen LogP contribution is 2.20. The van der Waals surface area contributed by atoms with Crippen molar-refractivity contribution < 1.29 is 4.39 Å². The summed E-state index contributed by atoms with van der Waals surface area (Å²) < 4.78 is 15.2. The maximum Gasteiger partial charge on any atom is 0.123 e. The number of halogens is 1. The third kappa shape index (κ3) is 2.59. The van der Waals surface area contributed by atoms with E-state index in [1.165, 1.54) is 6.07 Å². The van der Waals surface area contributed by atoms with Crippen molar-refractivity contribution in [3.05, 3.63) is 53.9 Å². The van der Waals surface area contributed by atoms with Crippen molar-refractivity contribution in [2.24, 2.45) is 0 Å². The largest absolute Gasteiger partial charge is 0.328 e. The van der Waals surface area contributed by atoms with Gasteiger partial charge in [0.15, 0.2) is 0 Å². The lowest BCUT2D eigenvalue weighted by molar-refractivity contribution is 0.413. The predicted molar refractivity (Wildman–Crippen MR) is 69.8 cm³/mol.